The molecule has 0 radical (unpaired) electrons. The summed E-state index contributed by atoms with van der Waals surface area (Å²) in [5.41, 5.74) is 3.54. The standard InChI is InChI=1S/C47H62N6O6S2.CH4/c1-29(2)40-42(30(3)4)60-43(48-40)36-22-17-23-37-41(36)49-46(53(37)31(5)6)59-35-25-38-39(54)27-47(45(56)50-61(57,58)51(7)8)26-34(47)21-16-11-9-10-15-20-33(44(55)52(38)28-35)24-32-18-13-12-14-19-32;/h12-14,16-19,21-23,29-31,33-35,38H,9-11,15,20,24-28H2,1-8H3,(H,50,56);1H4/b21-16-;/t33-,34-,35-,38+,47-;/m1./s1. The van der Waals surface area contributed by atoms with Crippen LogP contribution in [-0.2, 0) is 31.0 Å². The van der Waals surface area contributed by atoms with Gasteiger partial charge in [-0.3, -0.25) is 19.0 Å². The molecule has 4 heterocycles. The first-order valence-corrected chi connectivity index (χ1v) is 24.2. The molecule has 12 nitrogen and oxygen atoms in total. The van der Waals surface area contributed by atoms with E-state index in [1.54, 1.807) is 16.2 Å². The number of ketones is 1. The average Bonchev–Trinajstić information content (AvgIpc) is 3.53. The quantitative estimate of drug-likeness (QED) is 0.147. The average molecular weight is 887 g/mol. The molecule has 2 fully saturated rings. The predicted octanol–water partition coefficient (Wildman–Crippen LogP) is 9.24. The summed E-state index contributed by atoms with van der Waals surface area (Å²) in [5.74, 6) is -1.12. The fraction of sp³-hybridized carbons (Fsp3) is 0.562. The first-order valence-electron chi connectivity index (χ1n) is 22.0. The van der Waals surface area contributed by atoms with Gasteiger partial charge in [0.05, 0.1) is 29.2 Å². The Balaban J connectivity index is 0.00000641. The SMILES string of the molecule is C.CC(C)c1nc(-c2cccc3c2nc(O[C@@H]2C[C@H]4C(=O)C[C@]5(C(=O)NS(=O)(=O)N(C)C)C[C@H]5/C=C\CCCCC[C@H](Cc5ccccc5)C(=O)N4C2)n3C(C)C)sc1C(C)C. The van der Waals surface area contributed by atoms with Gasteiger partial charge in [-0.1, -0.05) is 96.5 Å². The summed E-state index contributed by atoms with van der Waals surface area (Å²) >= 11 is 1.71. The third-order valence-electron chi connectivity index (χ3n) is 12.6. The van der Waals surface area contributed by atoms with E-state index in [0.717, 1.165) is 62.9 Å². The number of rotatable bonds is 11. The zero-order valence-corrected chi connectivity index (χ0v) is 38.5. The predicted molar refractivity (Wildman–Crippen MR) is 247 cm³/mol. The van der Waals surface area contributed by atoms with Gasteiger partial charge in [0.15, 0.2) is 5.78 Å². The number of benzene rings is 2. The van der Waals surface area contributed by atoms with Gasteiger partial charge < -0.3 is 9.64 Å². The molecule has 1 aliphatic carbocycles. The number of thiazole rings is 1. The molecule has 14 heteroatoms. The van der Waals surface area contributed by atoms with Gasteiger partial charge in [0.2, 0.25) is 11.8 Å². The van der Waals surface area contributed by atoms with Crippen molar-refractivity contribution in [2.24, 2.45) is 17.3 Å². The Bertz CT molecular complexity index is 2360. The number of nitrogens with one attached hydrogen (secondary N) is 1. The van der Waals surface area contributed by atoms with Crippen LogP contribution in [0.15, 0.2) is 60.7 Å². The van der Waals surface area contributed by atoms with E-state index in [9.17, 15) is 22.8 Å². The van der Waals surface area contributed by atoms with Crippen molar-refractivity contribution in [3.63, 3.8) is 0 Å². The van der Waals surface area contributed by atoms with Crippen LogP contribution >= 0.6 is 11.3 Å². The molecular weight excluding hydrogens is 821 g/mol. The third kappa shape index (κ3) is 9.72. The summed E-state index contributed by atoms with van der Waals surface area (Å²) in [6, 6.07) is 15.6. The molecule has 4 aromatic rings. The summed E-state index contributed by atoms with van der Waals surface area (Å²) < 4.78 is 37.9. The Labute approximate surface area is 372 Å². The molecule has 0 unspecified atom stereocenters. The minimum absolute atomic E-state index is 0. The number of allylic oxidation sites excluding steroid dienone is 2. The van der Waals surface area contributed by atoms with Crippen LogP contribution in [0, 0.1) is 17.3 Å². The Morgan fingerprint density at radius 2 is 1.73 bits per heavy atom. The highest BCUT2D eigenvalue weighted by atomic mass is 32.2. The van der Waals surface area contributed by atoms with E-state index in [-0.39, 0.29) is 62.3 Å². The molecule has 1 saturated carbocycles. The lowest BCUT2D eigenvalue weighted by Crippen LogP contribution is -2.47. The fourth-order valence-electron chi connectivity index (χ4n) is 9.12. The maximum atomic E-state index is 14.9. The number of para-hydroxylation sites is 1. The lowest BCUT2D eigenvalue weighted by Gasteiger charge is -2.29. The third-order valence-corrected chi connectivity index (χ3v) is 15.4. The van der Waals surface area contributed by atoms with Crippen LogP contribution in [0.4, 0.5) is 0 Å². The van der Waals surface area contributed by atoms with Crippen LogP contribution in [0.1, 0.15) is 134 Å². The molecule has 2 aromatic carbocycles. The molecule has 336 valence electrons. The van der Waals surface area contributed by atoms with Crippen molar-refractivity contribution < 1.29 is 27.5 Å². The zero-order chi connectivity index (χ0) is 43.8. The normalized spacial score (nSPS) is 24.2. The molecule has 0 bridgehead atoms. The van der Waals surface area contributed by atoms with Crippen LogP contribution in [0.2, 0.25) is 0 Å². The number of nitrogens with zero attached hydrogens (tertiary/aromatic N) is 5. The van der Waals surface area contributed by atoms with Crippen LogP contribution in [0.3, 0.4) is 0 Å². The van der Waals surface area contributed by atoms with Crippen LogP contribution in [0.5, 0.6) is 6.01 Å². The summed E-state index contributed by atoms with van der Waals surface area (Å²) in [6.07, 6.45) is 8.55. The molecule has 2 aliphatic heterocycles. The lowest BCUT2D eigenvalue weighted by atomic mass is 9.90. The van der Waals surface area contributed by atoms with Crippen molar-refractivity contribution in [3.8, 4) is 16.6 Å². The minimum Gasteiger partial charge on any atom is -0.459 e. The molecule has 0 spiro atoms. The number of aromatic nitrogens is 3. The monoisotopic (exact) mass is 886 g/mol. The van der Waals surface area contributed by atoms with Crippen molar-refractivity contribution in [2.75, 3.05) is 20.6 Å². The van der Waals surface area contributed by atoms with E-state index < -0.39 is 33.7 Å². The highest BCUT2D eigenvalue weighted by Gasteiger charge is 2.61. The molecule has 2 aromatic heterocycles. The summed E-state index contributed by atoms with van der Waals surface area (Å²) in [5, 5.41) is 0.912. The zero-order valence-electron chi connectivity index (χ0n) is 36.9. The van der Waals surface area contributed by atoms with Crippen molar-refractivity contribution in [2.45, 2.75) is 137 Å². The van der Waals surface area contributed by atoms with Gasteiger partial charge in [-0.25, -0.2) is 9.71 Å². The van der Waals surface area contributed by atoms with Crippen LogP contribution < -0.4 is 9.46 Å². The highest BCUT2D eigenvalue weighted by Crippen LogP contribution is 2.57. The van der Waals surface area contributed by atoms with Gasteiger partial charge in [-0.05, 0) is 81.4 Å². The van der Waals surface area contributed by atoms with E-state index in [0.29, 0.717) is 31.2 Å². The fourth-order valence-corrected chi connectivity index (χ4v) is 11.0. The Kier molecular flexibility index (Phi) is 14.5. The number of amides is 2. The van der Waals surface area contributed by atoms with Gasteiger partial charge in [0, 0.05) is 49.3 Å². The molecule has 7 rings (SSSR count). The van der Waals surface area contributed by atoms with Gasteiger partial charge in [0.1, 0.15) is 16.6 Å². The van der Waals surface area contributed by atoms with Crippen molar-refractivity contribution in [3.05, 3.63) is 76.8 Å². The van der Waals surface area contributed by atoms with Gasteiger partial charge >= 0.3 is 10.2 Å². The Morgan fingerprint density at radius 3 is 2.39 bits per heavy atom. The van der Waals surface area contributed by atoms with Crippen molar-refractivity contribution in [1.82, 2.24) is 28.5 Å². The second kappa shape index (κ2) is 19.1. The van der Waals surface area contributed by atoms with Crippen molar-refractivity contribution >= 4 is 50.2 Å². The number of Topliss-reactive ketones (excluding diaryl/α,β-unsaturated/α-hetero) is 1. The molecule has 1 N–H and O–H groups in total. The molecule has 5 atom stereocenters. The molecule has 1 saturated heterocycles. The highest BCUT2D eigenvalue weighted by molar-refractivity contribution is 7.87. The molecule has 3 aliphatic rings. The number of carbonyl (C=O) groups excluding carboxylic acids is 3. The second-order valence-corrected chi connectivity index (χ2v) is 21.3. The largest absolute Gasteiger partial charge is 0.459 e. The lowest BCUT2D eigenvalue weighted by molar-refractivity contribution is -0.142. The van der Waals surface area contributed by atoms with E-state index >= 15 is 0 Å². The van der Waals surface area contributed by atoms with Crippen LogP contribution in [0.25, 0.3) is 21.6 Å². The van der Waals surface area contributed by atoms with Gasteiger partial charge in [0.25, 0.3) is 6.01 Å². The maximum absolute atomic E-state index is 14.9. The molecular formula is C48H66N6O6S2. The smallest absolute Gasteiger partial charge is 0.303 e. The van der Waals surface area contributed by atoms with Crippen molar-refractivity contribution in [1.29, 1.82) is 0 Å². The minimum atomic E-state index is -4.10. The Hall–Kier alpha value is -4.40. The second-order valence-electron chi connectivity index (χ2n) is 18.4. The summed E-state index contributed by atoms with van der Waals surface area (Å²) in [7, 11) is -1.39. The summed E-state index contributed by atoms with van der Waals surface area (Å²) in [6.45, 7) is 13.1. The maximum Gasteiger partial charge on any atom is 0.303 e. The van der Waals surface area contributed by atoms with E-state index in [1.165, 1.54) is 19.0 Å². The number of ether oxygens (including phenoxy) is 1. The number of hydrogen-bond donors (Lipinski definition) is 1. The first-order chi connectivity index (χ1) is 29.0. The van der Waals surface area contributed by atoms with E-state index in [2.05, 4.69) is 63.0 Å². The number of fused-ring (bicyclic) bond motifs is 3. The van der Waals surface area contributed by atoms with E-state index in [4.69, 9.17) is 14.7 Å². The first kappa shape index (κ1) is 47.1. The number of imidazole rings is 1. The summed E-state index contributed by atoms with van der Waals surface area (Å²) in [4.78, 5) is 56.9. The van der Waals surface area contributed by atoms with Crippen LogP contribution in [-0.4, -0.2) is 82.5 Å². The molecule has 62 heavy (non-hydrogen) atoms. The Morgan fingerprint density at radius 1 is 0.984 bits per heavy atom. The van der Waals surface area contributed by atoms with E-state index in [1.807, 2.05) is 48.5 Å². The van der Waals surface area contributed by atoms with Gasteiger partial charge in [-0.2, -0.15) is 17.7 Å². The topological polar surface area (TPSA) is 144 Å². The number of hydrogen-bond acceptors (Lipinski definition) is 9. The van der Waals surface area contributed by atoms with Gasteiger partial charge in [-0.15, -0.1) is 11.3 Å². The molecule has 2 amide bonds. The number of carbonyl (C=O) groups is 3.